The van der Waals surface area contributed by atoms with Gasteiger partial charge in [-0.1, -0.05) is 13.0 Å². The van der Waals surface area contributed by atoms with Gasteiger partial charge in [0.25, 0.3) is 0 Å². The second-order valence-corrected chi connectivity index (χ2v) is 5.85. The molecule has 0 radical (unpaired) electrons. The smallest absolute Gasteiger partial charge is 0.315 e. The first-order chi connectivity index (χ1) is 12.5. The van der Waals surface area contributed by atoms with Gasteiger partial charge in [0.05, 0.1) is 30.5 Å². The van der Waals surface area contributed by atoms with Gasteiger partial charge < -0.3 is 9.47 Å². The molecule has 0 heterocycles. The van der Waals surface area contributed by atoms with E-state index in [1.165, 1.54) is 25.0 Å². The van der Waals surface area contributed by atoms with Crippen molar-refractivity contribution in [3.8, 4) is 11.5 Å². The van der Waals surface area contributed by atoms with Crippen molar-refractivity contribution in [2.75, 3.05) is 19.1 Å². The average Bonchev–Trinajstić information content (AvgIpc) is 2.62. The molecule has 26 heavy (non-hydrogen) atoms. The second-order valence-electron chi connectivity index (χ2n) is 5.85. The maximum atomic E-state index is 11.4. The lowest BCUT2D eigenvalue weighted by atomic mass is 10.1. The molecule has 0 spiro atoms. The third-order valence-electron chi connectivity index (χ3n) is 3.84. The van der Waals surface area contributed by atoms with E-state index in [0.717, 1.165) is 17.7 Å². The summed E-state index contributed by atoms with van der Waals surface area (Å²) in [5.41, 5.74) is 6.50. The first kappa shape index (κ1) is 19.2. The molecule has 0 saturated heterocycles. The van der Waals surface area contributed by atoms with Gasteiger partial charge in [-0.2, -0.15) is 5.10 Å². The van der Waals surface area contributed by atoms with Crippen molar-refractivity contribution in [1.82, 2.24) is 0 Å². The molecule has 0 aromatic heterocycles. The molecular formula is C19H23N3O4. The Morgan fingerprint density at radius 2 is 2.00 bits per heavy atom. The van der Waals surface area contributed by atoms with Gasteiger partial charge in [-0.05, 0) is 49.6 Å². The van der Waals surface area contributed by atoms with Gasteiger partial charge in [0.1, 0.15) is 0 Å². The molecule has 0 aliphatic rings. The number of nitro groups is 1. The lowest BCUT2D eigenvalue weighted by Crippen LogP contribution is -2.03. The second kappa shape index (κ2) is 8.84. The van der Waals surface area contributed by atoms with E-state index in [2.05, 4.69) is 10.5 Å². The van der Waals surface area contributed by atoms with E-state index >= 15 is 0 Å². The number of benzene rings is 2. The molecule has 7 heteroatoms. The summed E-state index contributed by atoms with van der Waals surface area (Å²) in [6.07, 6.45) is 2.25. The summed E-state index contributed by atoms with van der Waals surface area (Å²) in [6, 6.07) is 8.98. The zero-order valence-electron chi connectivity index (χ0n) is 15.4. The van der Waals surface area contributed by atoms with Crippen LogP contribution in [0, 0.1) is 24.0 Å². The molecule has 0 aliphatic carbocycles. The molecule has 0 bridgehead atoms. The van der Waals surface area contributed by atoms with Gasteiger partial charge in [0.15, 0.2) is 5.75 Å². The fourth-order valence-corrected chi connectivity index (χ4v) is 2.31. The van der Waals surface area contributed by atoms with Crippen LogP contribution in [0.1, 0.15) is 30.0 Å². The summed E-state index contributed by atoms with van der Waals surface area (Å²) in [7, 11) is 1.45. The largest absolute Gasteiger partial charge is 0.493 e. The standard InChI is InChI=1S/C19H23N3O4/c1-5-8-26-19-17(22(23)24)10-15(11-18(19)25-4)12-20-21-16-7-6-13(2)14(3)9-16/h6-7,9-12,21H,5,8H2,1-4H3/b20-12+. The molecule has 138 valence electrons. The average molecular weight is 357 g/mol. The highest BCUT2D eigenvalue weighted by molar-refractivity contribution is 5.83. The van der Waals surface area contributed by atoms with Crippen LogP contribution >= 0.6 is 0 Å². The fraction of sp³-hybridized carbons (Fsp3) is 0.316. The monoisotopic (exact) mass is 357 g/mol. The predicted octanol–water partition coefficient (Wildman–Crippen LogP) is 4.46. The Balaban J connectivity index is 2.26. The normalized spacial score (nSPS) is 10.8. The van der Waals surface area contributed by atoms with Gasteiger partial charge >= 0.3 is 5.69 Å². The highest BCUT2D eigenvalue weighted by Crippen LogP contribution is 2.38. The van der Waals surface area contributed by atoms with Crippen molar-refractivity contribution in [3.63, 3.8) is 0 Å². The van der Waals surface area contributed by atoms with Crippen LogP contribution in [0.5, 0.6) is 11.5 Å². The number of nitrogens with zero attached hydrogens (tertiary/aromatic N) is 2. The van der Waals surface area contributed by atoms with Crippen molar-refractivity contribution in [3.05, 3.63) is 57.1 Å². The number of nitro benzene ring substituents is 1. The number of nitrogens with one attached hydrogen (secondary N) is 1. The summed E-state index contributed by atoms with van der Waals surface area (Å²) in [5, 5.41) is 15.5. The van der Waals surface area contributed by atoms with E-state index in [1.54, 1.807) is 6.07 Å². The van der Waals surface area contributed by atoms with Gasteiger partial charge in [-0.15, -0.1) is 0 Å². The van der Waals surface area contributed by atoms with Crippen LogP contribution in [-0.4, -0.2) is 24.9 Å². The van der Waals surface area contributed by atoms with Crippen molar-refractivity contribution in [2.24, 2.45) is 5.10 Å². The Morgan fingerprint density at radius 1 is 1.23 bits per heavy atom. The van der Waals surface area contributed by atoms with Crippen molar-refractivity contribution in [1.29, 1.82) is 0 Å². The molecule has 0 fully saturated rings. The number of hydrogen-bond donors (Lipinski definition) is 1. The Kier molecular flexibility index (Phi) is 6.54. The van der Waals surface area contributed by atoms with E-state index in [4.69, 9.17) is 9.47 Å². The van der Waals surface area contributed by atoms with Crippen molar-refractivity contribution in [2.45, 2.75) is 27.2 Å². The highest BCUT2D eigenvalue weighted by atomic mass is 16.6. The molecule has 0 amide bonds. The van der Waals surface area contributed by atoms with Gasteiger partial charge in [-0.3, -0.25) is 15.5 Å². The van der Waals surface area contributed by atoms with Crippen LogP contribution in [-0.2, 0) is 0 Å². The van der Waals surface area contributed by atoms with Crippen LogP contribution in [0.3, 0.4) is 0 Å². The van der Waals surface area contributed by atoms with E-state index in [0.29, 0.717) is 17.9 Å². The minimum absolute atomic E-state index is 0.138. The lowest BCUT2D eigenvalue weighted by Gasteiger charge is -2.11. The van der Waals surface area contributed by atoms with Crippen molar-refractivity contribution < 1.29 is 14.4 Å². The topological polar surface area (TPSA) is 86.0 Å². The predicted molar refractivity (Wildman–Crippen MR) is 103 cm³/mol. The van der Waals surface area contributed by atoms with Crippen molar-refractivity contribution >= 4 is 17.6 Å². The number of rotatable bonds is 8. The lowest BCUT2D eigenvalue weighted by molar-refractivity contribution is -0.386. The third kappa shape index (κ3) is 4.72. The van der Waals surface area contributed by atoms with Crippen LogP contribution in [0.15, 0.2) is 35.4 Å². The maximum Gasteiger partial charge on any atom is 0.315 e. The Bertz CT molecular complexity index is 819. The SMILES string of the molecule is CCCOc1c(OC)cc(/C=N/Nc2ccc(C)c(C)c2)cc1[N+](=O)[O-]. The van der Waals surface area contributed by atoms with Gasteiger partial charge in [0.2, 0.25) is 5.75 Å². The first-order valence-corrected chi connectivity index (χ1v) is 8.31. The van der Waals surface area contributed by atoms with Gasteiger partial charge in [0, 0.05) is 11.6 Å². The number of hydrazone groups is 1. The highest BCUT2D eigenvalue weighted by Gasteiger charge is 2.21. The Morgan fingerprint density at radius 3 is 2.62 bits per heavy atom. The number of methoxy groups -OCH3 is 1. The van der Waals surface area contributed by atoms with E-state index < -0.39 is 4.92 Å². The van der Waals surface area contributed by atoms with Crippen LogP contribution in [0.2, 0.25) is 0 Å². The Labute approximate surface area is 152 Å². The zero-order chi connectivity index (χ0) is 19.1. The molecule has 0 unspecified atom stereocenters. The fourth-order valence-electron chi connectivity index (χ4n) is 2.31. The molecule has 1 N–H and O–H groups in total. The molecule has 0 atom stereocenters. The number of ether oxygens (including phenoxy) is 2. The summed E-state index contributed by atoms with van der Waals surface area (Å²) < 4.78 is 10.8. The number of anilines is 1. The summed E-state index contributed by atoms with van der Waals surface area (Å²) in [5.74, 6) is 0.443. The number of aryl methyl sites for hydroxylation is 2. The minimum Gasteiger partial charge on any atom is -0.493 e. The summed E-state index contributed by atoms with van der Waals surface area (Å²) in [6.45, 7) is 6.36. The quantitative estimate of drug-likeness (QED) is 0.428. The van der Waals surface area contributed by atoms with E-state index in [-0.39, 0.29) is 11.4 Å². The zero-order valence-corrected chi connectivity index (χ0v) is 15.4. The summed E-state index contributed by atoms with van der Waals surface area (Å²) >= 11 is 0. The molecule has 2 aromatic rings. The van der Waals surface area contributed by atoms with Crippen LogP contribution in [0.4, 0.5) is 11.4 Å². The van der Waals surface area contributed by atoms with Gasteiger partial charge in [-0.25, -0.2) is 0 Å². The Hall–Kier alpha value is -3.09. The van der Waals surface area contributed by atoms with Crippen LogP contribution in [0.25, 0.3) is 0 Å². The molecule has 0 saturated carbocycles. The molecule has 2 aromatic carbocycles. The molecule has 0 aliphatic heterocycles. The van der Waals surface area contributed by atoms with E-state index in [1.807, 2.05) is 39.0 Å². The molecular weight excluding hydrogens is 334 g/mol. The first-order valence-electron chi connectivity index (χ1n) is 8.31. The molecule has 7 nitrogen and oxygen atoms in total. The molecule has 2 rings (SSSR count). The maximum absolute atomic E-state index is 11.4. The summed E-state index contributed by atoms with van der Waals surface area (Å²) in [4.78, 5) is 10.9. The third-order valence-corrected chi connectivity index (χ3v) is 3.84. The van der Waals surface area contributed by atoms with Crippen LogP contribution < -0.4 is 14.9 Å². The van der Waals surface area contributed by atoms with E-state index in [9.17, 15) is 10.1 Å². The minimum atomic E-state index is -0.485. The number of hydrogen-bond acceptors (Lipinski definition) is 6.